The Hall–Kier alpha value is -6.20. The summed E-state index contributed by atoms with van der Waals surface area (Å²) in [5.41, 5.74) is -2.99. The molecule has 2 aliphatic carbocycles. The number of alkyl carbamates (subject to hydrolysis) is 2. The lowest BCUT2D eigenvalue weighted by atomic mass is 9.88. The molecule has 57 heavy (non-hydrogen) atoms. The number of rotatable bonds is 26. The second-order valence-electron chi connectivity index (χ2n) is 13.4. The first-order valence-corrected chi connectivity index (χ1v) is 17.7. The molecule has 0 aliphatic heterocycles. The fraction of sp³-hybridized carbons (Fsp3) is 0.487. The minimum Gasteiger partial charge on any atom is -0.462 e. The van der Waals surface area contributed by atoms with Gasteiger partial charge in [0.25, 0.3) is 0 Å². The summed E-state index contributed by atoms with van der Waals surface area (Å²) in [7, 11) is 0. The Kier molecular flexibility index (Phi) is 19.5. The summed E-state index contributed by atoms with van der Waals surface area (Å²) >= 11 is 0. The van der Waals surface area contributed by atoms with Crippen molar-refractivity contribution in [1.82, 2.24) is 10.6 Å². The summed E-state index contributed by atoms with van der Waals surface area (Å²) in [5.74, 6) is -4.47. The minimum atomic E-state index is -1.49. The summed E-state index contributed by atoms with van der Waals surface area (Å²) in [4.78, 5) is 97.0. The van der Waals surface area contributed by atoms with Crippen LogP contribution in [0.1, 0.15) is 19.3 Å². The predicted molar refractivity (Wildman–Crippen MR) is 198 cm³/mol. The first-order valence-electron chi connectivity index (χ1n) is 17.7. The third-order valence-corrected chi connectivity index (χ3v) is 9.37. The largest absolute Gasteiger partial charge is 0.462 e. The van der Waals surface area contributed by atoms with Crippen molar-refractivity contribution in [3.63, 3.8) is 0 Å². The third kappa shape index (κ3) is 15.8. The van der Waals surface area contributed by atoms with Gasteiger partial charge in [0.2, 0.25) is 0 Å². The third-order valence-electron chi connectivity index (χ3n) is 9.37. The van der Waals surface area contributed by atoms with Crippen molar-refractivity contribution in [1.29, 1.82) is 0 Å². The van der Waals surface area contributed by atoms with Gasteiger partial charge in [-0.15, -0.1) is 0 Å². The average Bonchev–Trinajstić information content (AvgIpc) is 3.79. The van der Waals surface area contributed by atoms with E-state index in [0.29, 0.717) is 0 Å². The molecule has 0 aromatic heterocycles. The highest BCUT2D eigenvalue weighted by atomic mass is 16.6. The van der Waals surface area contributed by atoms with Crippen LogP contribution in [-0.4, -0.2) is 114 Å². The van der Waals surface area contributed by atoms with Crippen molar-refractivity contribution in [3.05, 3.63) is 75.9 Å². The molecule has 2 N–H and O–H groups in total. The van der Waals surface area contributed by atoms with Gasteiger partial charge >= 0.3 is 48.0 Å². The predicted octanol–water partition coefficient (Wildman–Crippen LogP) is 2.45. The van der Waals surface area contributed by atoms with Gasteiger partial charge in [-0.25, -0.2) is 38.4 Å². The molecule has 2 fully saturated rings. The van der Waals surface area contributed by atoms with Crippen LogP contribution >= 0.6 is 0 Å². The van der Waals surface area contributed by atoms with E-state index in [4.69, 9.17) is 37.9 Å². The maximum Gasteiger partial charge on any atom is 0.407 e. The lowest BCUT2D eigenvalue weighted by molar-refractivity contribution is -0.161. The topological polar surface area (TPSA) is 234 Å². The van der Waals surface area contributed by atoms with Crippen molar-refractivity contribution in [2.45, 2.75) is 19.3 Å². The molecular weight excluding hydrogens is 752 g/mol. The first kappa shape index (κ1) is 47.0. The lowest BCUT2D eigenvalue weighted by Gasteiger charge is -2.31. The van der Waals surface area contributed by atoms with Crippen LogP contribution in [-0.2, 0) is 66.7 Å². The second kappa shape index (κ2) is 23.7. The molecule has 18 nitrogen and oxygen atoms in total. The number of carbonyl (C=O) groups is 8. The fourth-order valence-electron chi connectivity index (χ4n) is 6.33. The van der Waals surface area contributed by atoms with Crippen LogP contribution in [0.25, 0.3) is 0 Å². The van der Waals surface area contributed by atoms with Crippen molar-refractivity contribution >= 4 is 48.0 Å². The second-order valence-corrected chi connectivity index (χ2v) is 13.4. The van der Waals surface area contributed by atoms with Gasteiger partial charge in [0, 0.05) is 49.5 Å². The Balaban J connectivity index is 2.03. The molecule has 0 aromatic carbocycles. The highest BCUT2D eigenvalue weighted by molar-refractivity contribution is 5.83. The van der Waals surface area contributed by atoms with Crippen molar-refractivity contribution in [3.8, 4) is 0 Å². The van der Waals surface area contributed by atoms with E-state index in [9.17, 15) is 38.4 Å². The number of ether oxygens (including phenoxy) is 8. The maximum atomic E-state index is 12.9. The average molecular weight is 803 g/mol. The SMILES string of the molecule is C=CC(=O)OCC(COC(=O)C=C)(COC(=O)C=C)COC(=O)NCC1CC2CCC1C2CNC(=O)OCC(COC(=O)C=C)(COC(=O)C=C)COC(=O)C=C. The monoisotopic (exact) mass is 802 g/mol. The molecule has 0 saturated heterocycles. The highest BCUT2D eigenvalue weighted by Gasteiger charge is 2.48. The van der Waals surface area contributed by atoms with Crippen LogP contribution in [0.15, 0.2) is 75.9 Å². The molecule has 0 aromatic rings. The number of hydrogen-bond acceptors (Lipinski definition) is 16. The van der Waals surface area contributed by atoms with Crippen LogP contribution in [0.5, 0.6) is 0 Å². The zero-order chi connectivity index (χ0) is 42.4. The van der Waals surface area contributed by atoms with Crippen molar-refractivity contribution < 1.29 is 76.3 Å². The number of amides is 2. The lowest BCUT2D eigenvalue weighted by Crippen LogP contribution is -2.45. The van der Waals surface area contributed by atoms with Crippen LogP contribution < -0.4 is 10.6 Å². The zero-order valence-corrected chi connectivity index (χ0v) is 31.7. The summed E-state index contributed by atoms with van der Waals surface area (Å²) in [5, 5.41) is 5.48. The minimum absolute atomic E-state index is 0.0332. The molecule has 4 atom stereocenters. The van der Waals surface area contributed by atoms with E-state index in [-0.39, 0.29) is 36.8 Å². The van der Waals surface area contributed by atoms with Gasteiger partial charge in [-0.1, -0.05) is 39.5 Å². The van der Waals surface area contributed by atoms with E-state index in [1.165, 1.54) is 0 Å². The summed E-state index contributed by atoms with van der Waals surface area (Å²) in [6.07, 6.45) is 6.27. The number of esters is 6. The summed E-state index contributed by atoms with van der Waals surface area (Å²) < 4.78 is 41.8. The summed E-state index contributed by atoms with van der Waals surface area (Å²) in [6, 6.07) is 0. The Morgan fingerprint density at radius 2 is 0.754 bits per heavy atom. The molecule has 2 bridgehead atoms. The van der Waals surface area contributed by atoms with E-state index in [1.807, 2.05) is 0 Å². The molecule has 0 spiro atoms. The Morgan fingerprint density at radius 3 is 1.07 bits per heavy atom. The van der Waals surface area contributed by atoms with E-state index in [2.05, 4.69) is 50.1 Å². The van der Waals surface area contributed by atoms with Gasteiger partial charge in [-0.3, -0.25) is 0 Å². The van der Waals surface area contributed by atoms with Gasteiger partial charge in [0.05, 0.1) is 0 Å². The first-order chi connectivity index (χ1) is 27.2. The van der Waals surface area contributed by atoms with Crippen molar-refractivity contribution in [2.24, 2.45) is 34.5 Å². The smallest absolute Gasteiger partial charge is 0.407 e. The molecule has 18 heteroatoms. The van der Waals surface area contributed by atoms with Crippen LogP contribution in [0.3, 0.4) is 0 Å². The molecular formula is C39H50N2O16. The van der Waals surface area contributed by atoms with E-state index >= 15 is 0 Å². The Morgan fingerprint density at radius 1 is 0.456 bits per heavy atom. The van der Waals surface area contributed by atoms with Gasteiger partial charge in [0.1, 0.15) is 63.7 Å². The molecule has 0 heterocycles. The quantitative estimate of drug-likeness (QED) is 0.0726. The highest BCUT2D eigenvalue weighted by Crippen LogP contribution is 2.52. The zero-order valence-electron chi connectivity index (χ0n) is 31.7. The summed E-state index contributed by atoms with van der Waals surface area (Å²) in [6.45, 7) is 16.6. The number of fused-ring (bicyclic) bond motifs is 2. The van der Waals surface area contributed by atoms with Crippen LogP contribution in [0.4, 0.5) is 9.59 Å². The number of hydrogen-bond donors (Lipinski definition) is 2. The molecule has 2 saturated carbocycles. The molecule has 2 amide bonds. The molecule has 312 valence electrons. The normalized spacial score (nSPS) is 17.9. The van der Waals surface area contributed by atoms with E-state index < -0.39 is 112 Å². The van der Waals surface area contributed by atoms with Crippen LogP contribution in [0.2, 0.25) is 0 Å². The standard InChI is InChI=1S/C39H50N2O16/c1-7-30(42)50-18-38(19-51-31(43)8-2,20-52-32(44)9-3)24-56-36(48)40-16-27-15-26-13-14-28(27)29(26)17-41-37(49)57-25-39(21-53-33(45)10-4,22-54-34(46)11-5)23-55-35(47)12-6/h7-12,26-29H,1-6,13-25H2,(H,40,48)(H,41,49). The Labute approximate surface area is 330 Å². The molecule has 2 rings (SSSR count). The van der Waals surface area contributed by atoms with Gasteiger partial charge < -0.3 is 48.5 Å². The van der Waals surface area contributed by atoms with Crippen molar-refractivity contribution in [2.75, 3.05) is 65.9 Å². The molecule has 0 radical (unpaired) electrons. The Bertz CT molecular complexity index is 1430. The fourth-order valence-corrected chi connectivity index (χ4v) is 6.33. The van der Waals surface area contributed by atoms with Gasteiger partial charge in [-0.2, -0.15) is 0 Å². The molecule has 2 aliphatic rings. The maximum absolute atomic E-state index is 12.9. The van der Waals surface area contributed by atoms with Gasteiger partial charge in [0.15, 0.2) is 0 Å². The molecule has 4 unspecified atom stereocenters. The van der Waals surface area contributed by atoms with E-state index in [0.717, 1.165) is 55.7 Å². The number of carbonyl (C=O) groups excluding carboxylic acids is 8. The number of nitrogens with one attached hydrogen (secondary N) is 2. The van der Waals surface area contributed by atoms with Crippen LogP contribution in [0, 0.1) is 34.5 Å². The van der Waals surface area contributed by atoms with E-state index in [1.54, 1.807) is 0 Å². The van der Waals surface area contributed by atoms with Gasteiger partial charge in [-0.05, 0) is 42.9 Å².